The van der Waals surface area contributed by atoms with Crippen LogP contribution in [0.1, 0.15) is 37.7 Å². The van der Waals surface area contributed by atoms with E-state index in [2.05, 4.69) is 10.6 Å². The third-order valence-corrected chi connectivity index (χ3v) is 5.41. The molecule has 2 aliphatic heterocycles. The molecule has 3 rings (SSSR count). The number of ether oxygens (including phenoxy) is 1. The highest BCUT2D eigenvalue weighted by molar-refractivity contribution is 5.88. The molecule has 0 saturated carbocycles. The Morgan fingerprint density at radius 2 is 2.00 bits per heavy atom. The summed E-state index contributed by atoms with van der Waals surface area (Å²) in [4.78, 5) is 13.0. The van der Waals surface area contributed by atoms with Crippen molar-refractivity contribution >= 4 is 18.3 Å². The predicted octanol–water partition coefficient (Wildman–Crippen LogP) is 2.80. The Hall–Kier alpha value is -1.17. The van der Waals surface area contributed by atoms with Gasteiger partial charge in [0.1, 0.15) is 5.82 Å². The number of nitrogens with one attached hydrogen (secondary N) is 2. The van der Waals surface area contributed by atoms with Crippen LogP contribution in [0.3, 0.4) is 0 Å². The number of hydrogen-bond donors (Lipinski definition) is 2. The molecule has 140 valence electrons. The fourth-order valence-electron chi connectivity index (χ4n) is 3.87. The Kier molecular flexibility index (Phi) is 7.66. The van der Waals surface area contributed by atoms with Gasteiger partial charge in [-0.3, -0.25) is 4.79 Å². The summed E-state index contributed by atoms with van der Waals surface area (Å²) >= 11 is 0. The van der Waals surface area contributed by atoms with E-state index in [-0.39, 0.29) is 24.1 Å². The lowest BCUT2D eigenvalue weighted by atomic mass is 9.73. The molecule has 1 amide bonds. The molecule has 2 heterocycles. The zero-order valence-electron chi connectivity index (χ0n) is 14.6. The van der Waals surface area contributed by atoms with Crippen LogP contribution in [-0.4, -0.2) is 38.8 Å². The number of halogens is 2. The molecular weight excluding hydrogens is 343 g/mol. The Morgan fingerprint density at radius 3 is 2.64 bits per heavy atom. The summed E-state index contributed by atoms with van der Waals surface area (Å²) in [6, 6.07) is 6.36. The van der Waals surface area contributed by atoms with Crippen molar-refractivity contribution in [3.63, 3.8) is 0 Å². The van der Waals surface area contributed by atoms with E-state index in [4.69, 9.17) is 4.74 Å². The molecule has 1 atom stereocenters. The second kappa shape index (κ2) is 9.51. The highest BCUT2D eigenvalue weighted by Gasteiger charge is 2.41. The maximum atomic E-state index is 13.3. The zero-order valence-corrected chi connectivity index (χ0v) is 15.4. The van der Waals surface area contributed by atoms with Crippen molar-refractivity contribution in [3.05, 3.63) is 35.6 Å². The lowest BCUT2D eigenvalue weighted by Crippen LogP contribution is -2.48. The van der Waals surface area contributed by atoms with Gasteiger partial charge in [0.25, 0.3) is 0 Å². The van der Waals surface area contributed by atoms with E-state index in [1.165, 1.54) is 25.0 Å². The van der Waals surface area contributed by atoms with Crippen LogP contribution in [0.4, 0.5) is 4.39 Å². The van der Waals surface area contributed by atoms with Gasteiger partial charge in [0.05, 0.1) is 5.41 Å². The van der Waals surface area contributed by atoms with Gasteiger partial charge in [0.2, 0.25) is 5.91 Å². The van der Waals surface area contributed by atoms with Crippen LogP contribution in [0.5, 0.6) is 0 Å². The van der Waals surface area contributed by atoms with Crippen molar-refractivity contribution in [1.82, 2.24) is 10.6 Å². The van der Waals surface area contributed by atoms with Crippen LogP contribution < -0.4 is 10.6 Å². The summed E-state index contributed by atoms with van der Waals surface area (Å²) in [6.45, 7) is 3.99. The van der Waals surface area contributed by atoms with Gasteiger partial charge in [-0.25, -0.2) is 4.39 Å². The smallest absolute Gasteiger partial charge is 0.230 e. The van der Waals surface area contributed by atoms with E-state index < -0.39 is 5.41 Å². The molecule has 6 heteroatoms. The van der Waals surface area contributed by atoms with E-state index in [1.807, 2.05) is 0 Å². The van der Waals surface area contributed by atoms with Gasteiger partial charge < -0.3 is 15.4 Å². The highest BCUT2D eigenvalue weighted by Crippen LogP contribution is 2.35. The van der Waals surface area contributed by atoms with E-state index in [0.29, 0.717) is 38.5 Å². The summed E-state index contributed by atoms with van der Waals surface area (Å²) < 4.78 is 18.7. The van der Waals surface area contributed by atoms with Crippen LogP contribution in [0.25, 0.3) is 0 Å². The van der Waals surface area contributed by atoms with Crippen molar-refractivity contribution in [2.45, 2.75) is 37.5 Å². The second-order valence-corrected chi connectivity index (χ2v) is 6.96. The van der Waals surface area contributed by atoms with Crippen LogP contribution in [0, 0.1) is 11.7 Å². The van der Waals surface area contributed by atoms with Crippen molar-refractivity contribution < 1.29 is 13.9 Å². The lowest BCUT2D eigenvalue weighted by molar-refractivity contribution is -0.130. The van der Waals surface area contributed by atoms with E-state index in [1.54, 1.807) is 12.1 Å². The number of hydrogen-bond acceptors (Lipinski definition) is 3. The van der Waals surface area contributed by atoms with Gasteiger partial charge in [-0.05, 0) is 68.8 Å². The first-order valence-corrected chi connectivity index (χ1v) is 9.03. The van der Waals surface area contributed by atoms with E-state index in [9.17, 15) is 9.18 Å². The summed E-state index contributed by atoms with van der Waals surface area (Å²) in [5.41, 5.74) is 0.306. The molecule has 2 fully saturated rings. The summed E-state index contributed by atoms with van der Waals surface area (Å²) in [5.74, 6) is 0.433. The fourth-order valence-corrected chi connectivity index (χ4v) is 3.87. The highest BCUT2D eigenvalue weighted by atomic mass is 35.5. The molecule has 0 radical (unpaired) electrons. The monoisotopic (exact) mass is 370 g/mol. The van der Waals surface area contributed by atoms with Crippen molar-refractivity contribution in [2.75, 3.05) is 32.8 Å². The first-order chi connectivity index (χ1) is 11.7. The Morgan fingerprint density at radius 1 is 1.28 bits per heavy atom. The minimum atomic E-state index is -0.587. The van der Waals surface area contributed by atoms with Crippen LogP contribution in [0.2, 0.25) is 0 Å². The fraction of sp³-hybridized carbons (Fsp3) is 0.632. The molecular formula is C19H28ClFN2O2. The molecule has 2 aliphatic rings. The van der Waals surface area contributed by atoms with Gasteiger partial charge >= 0.3 is 0 Å². The van der Waals surface area contributed by atoms with Gasteiger partial charge in [0.15, 0.2) is 0 Å². The number of rotatable bonds is 5. The maximum absolute atomic E-state index is 13.3. The van der Waals surface area contributed by atoms with Crippen molar-refractivity contribution in [1.29, 1.82) is 0 Å². The molecule has 1 aromatic rings. The first-order valence-electron chi connectivity index (χ1n) is 9.03. The molecule has 1 unspecified atom stereocenters. The number of amides is 1. The molecule has 0 bridgehead atoms. The van der Waals surface area contributed by atoms with Crippen molar-refractivity contribution in [2.24, 2.45) is 5.92 Å². The predicted molar refractivity (Wildman–Crippen MR) is 98.6 cm³/mol. The Balaban J connectivity index is 0.00000225. The minimum Gasteiger partial charge on any atom is -0.381 e. The first kappa shape index (κ1) is 20.1. The molecule has 1 aromatic carbocycles. The molecule has 25 heavy (non-hydrogen) atoms. The average molecular weight is 371 g/mol. The molecule has 0 spiro atoms. The van der Waals surface area contributed by atoms with E-state index >= 15 is 0 Å². The van der Waals surface area contributed by atoms with Gasteiger partial charge in [0, 0.05) is 19.8 Å². The third kappa shape index (κ3) is 4.93. The second-order valence-electron chi connectivity index (χ2n) is 6.96. The van der Waals surface area contributed by atoms with E-state index in [0.717, 1.165) is 25.1 Å². The summed E-state index contributed by atoms with van der Waals surface area (Å²) in [6.07, 6.45) is 4.76. The average Bonchev–Trinajstić information content (AvgIpc) is 2.63. The van der Waals surface area contributed by atoms with Crippen LogP contribution in [-0.2, 0) is 14.9 Å². The van der Waals surface area contributed by atoms with Crippen LogP contribution in [0.15, 0.2) is 24.3 Å². The Bertz CT molecular complexity index is 541. The molecule has 0 aliphatic carbocycles. The molecule has 2 saturated heterocycles. The molecule has 2 N–H and O–H groups in total. The van der Waals surface area contributed by atoms with Gasteiger partial charge in [-0.1, -0.05) is 12.1 Å². The summed E-state index contributed by atoms with van der Waals surface area (Å²) in [5, 5.41) is 6.55. The van der Waals surface area contributed by atoms with Gasteiger partial charge in [-0.15, -0.1) is 12.4 Å². The zero-order chi connectivity index (χ0) is 16.8. The molecule has 0 aromatic heterocycles. The number of piperidine rings is 1. The third-order valence-electron chi connectivity index (χ3n) is 5.41. The SMILES string of the molecule is Cl.O=C(NCCC1CCCNC1)C1(c2ccc(F)cc2)CCOCC1. The number of carbonyl (C=O) groups is 1. The number of benzene rings is 1. The van der Waals surface area contributed by atoms with Crippen molar-refractivity contribution in [3.8, 4) is 0 Å². The lowest BCUT2D eigenvalue weighted by Gasteiger charge is -2.36. The maximum Gasteiger partial charge on any atom is 0.230 e. The molecule has 4 nitrogen and oxygen atoms in total. The Labute approximate surface area is 155 Å². The minimum absolute atomic E-state index is 0. The summed E-state index contributed by atoms with van der Waals surface area (Å²) in [7, 11) is 0. The normalized spacial score (nSPS) is 22.7. The van der Waals surface area contributed by atoms with Gasteiger partial charge in [-0.2, -0.15) is 0 Å². The standard InChI is InChI=1S/C19H27FN2O2.ClH/c20-17-5-3-16(4-6-17)19(8-12-24-13-9-19)18(23)22-11-7-15-2-1-10-21-14-15;/h3-6,15,21H,1-2,7-14H2,(H,22,23);1H. The largest absolute Gasteiger partial charge is 0.381 e. The topological polar surface area (TPSA) is 50.4 Å². The quantitative estimate of drug-likeness (QED) is 0.838. The van der Waals surface area contributed by atoms with Crippen LogP contribution >= 0.6 is 12.4 Å². The number of carbonyl (C=O) groups excluding carboxylic acids is 1.